The van der Waals surface area contributed by atoms with Crippen molar-refractivity contribution in [1.82, 2.24) is 0 Å². The normalized spacial score (nSPS) is 32.2. The predicted molar refractivity (Wildman–Crippen MR) is 122 cm³/mol. The Bertz CT molecular complexity index is 1160. The van der Waals surface area contributed by atoms with Crippen molar-refractivity contribution in [3.63, 3.8) is 0 Å². The Kier molecular flexibility index (Phi) is 4.53. The van der Waals surface area contributed by atoms with Gasteiger partial charge in [0.1, 0.15) is 0 Å². The molecule has 2 aromatic rings. The summed E-state index contributed by atoms with van der Waals surface area (Å²) in [5.74, 6) is 4.52. The van der Waals surface area contributed by atoms with Crippen molar-refractivity contribution < 1.29 is 19.8 Å². The average molecular weight is 429 g/mol. The van der Waals surface area contributed by atoms with Gasteiger partial charge in [0.15, 0.2) is 0 Å². The molecule has 0 spiro atoms. The molecule has 0 aromatic heterocycles. The van der Waals surface area contributed by atoms with Crippen LogP contribution in [0.3, 0.4) is 0 Å². The number of hydrogen-bond donors (Lipinski definition) is 2. The molecule has 4 aliphatic rings. The molecule has 2 unspecified atom stereocenters. The fourth-order valence-electron chi connectivity index (χ4n) is 7.78. The highest BCUT2D eigenvalue weighted by Gasteiger charge is 2.60. The summed E-state index contributed by atoms with van der Waals surface area (Å²) in [6.07, 6.45) is 7.91. The topological polar surface area (TPSA) is 74.6 Å². The van der Waals surface area contributed by atoms with Crippen LogP contribution in [0.25, 0.3) is 0 Å². The molecule has 2 aromatic carbocycles. The minimum atomic E-state index is -1.12. The Morgan fingerprint density at radius 2 is 1.50 bits per heavy atom. The van der Waals surface area contributed by atoms with Gasteiger partial charge in [0.05, 0.1) is 11.1 Å². The van der Waals surface area contributed by atoms with Crippen LogP contribution in [0, 0.1) is 28.6 Å². The summed E-state index contributed by atoms with van der Waals surface area (Å²) in [7, 11) is 0. The number of carboxylic acid groups (broad SMARTS) is 2. The van der Waals surface area contributed by atoms with Gasteiger partial charge in [-0.2, -0.15) is 0 Å². The van der Waals surface area contributed by atoms with E-state index in [-0.39, 0.29) is 22.1 Å². The van der Waals surface area contributed by atoms with Crippen LogP contribution < -0.4 is 0 Å². The summed E-state index contributed by atoms with van der Waals surface area (Å²) in [5.41, 5.74) is 3.62. The van der Waals surface area contributed by atoms with E-state index >= 15 is 0 Å². The van der Waals surface area contributed by atoms with Gasteiger partial charge >= 0.3 is 11.9 Å². The Balaban J connectivity index is 1.44. The standard InChI is InChI=1S/C28H28O4/c1-26-12-19-13-27(2,15-26)17-28(14-19,16-26)22-8-4-18(5-9-22)3-6-20-11-21(24(29)30)7-10-23(20)25(31)32/h4-5,7-11,19H,12-17H2,1-2H3,(H,29,30)(H,31,32). The van der Waals surface area contributed by atoms with Crippen molar-refractivity contribution in [3.8, 4) is 11.8 Å². The zero-order valence-electron chi connectivity index (χ0n) is 18.6. The first-order valence-electron chi connectivity index (χ1n) is 11.3. The molecule has 164 valence electrons. The van der Waals surface area contributed by atoms with Crippen LogP contribution >= 0.6 is 0 Å². The summed E-state index contributed by atoms with van der Waals surface area (Å²) in [4.78, 5) is 22.8. The van der Waals surface area contributed by atoms with Crippen LogP contribution in [-0.2, 0) is 5.41 Å². The summed E-state index contributed by atoms with van der Waals surface area (Å²) < 4.78 is 0. The third kappa shape index (κ3) is 3.50. The zero-order valence-corrected chi connectivity index (χ0v) is 18.6. The highest BCUT2D eigenvalue weighted by Crippen LogP contribution is 2.69. The van der Waals surface area contributed by atoms with Gasteiger partial charge in [0, 0.05) is 11.1 Å². The summed E-state index contributed by atoms with van der Waals surface area (Å²) in [5, 5.41) is 18.6. The van der Waals surface area contributed by atoms with E-state index in [9.17, 15) is 19.8 Å². The Morgan fingerprint density at radius 1 is 0.844 bits per heavy atom. The molecule has 0 heterocycles. The first-order chi connectivity index (χ1) is 15.1. The first kappa shape index (κ1) is 20.8. The second-order valence-corrected chi connectivity index (χ2v) is 11.1. The smallest absolute Gasteiger partial charge is 0.336 e. The molecule has 4 bridgehead atoms. The van der Waals surface area contributed by atoms with E-state index in [0.29, 0.717) is 10.8 Å². The van der Waals surface area contributed by atoms with E-state index in [4.69, 9.17) is 0 Å². The molecular formula is C28H28O4. The number of carbonyl (C=O) groups is 2. The SMILES string of the molecule is CC12CC3CC(C)(C1)CC(c1ccc(C#Cc4cc(C(=O)O)ccc4C(=O)O)cc1)(C3)C2. The molecule has 0 aliphatic heterocycles. The minimum Gasteiger partial charge on any atom is -0.478 e. The number of aromatic carboxylic acids is 2. The number of carboxylic acids is 2. The lowest BCUT2D eigenvalue weighted by Gasteiger charge is -2.65. The second-order valence-electron chi connectivity index (χ2n) is 11.1. The van der Waals surface area contributed by atoms with E-state index in [1.807, 2.05) is 12.1 Å². The molecule has 4 fully saturated rings. The Hall–Kier alpha value is -3.06. The molecule has 4 aliphatic carbocycles. The van der Waals surface area contributed by atoms with E-state index < -0.39 is 11.9 Å². The van der Waals surface area contributed by atoms with Gasteiger partial charge in [-0.1, -0.05) is 37.8 Å². The van der Waals surface area contributed by atoms with Gasteiger partial charge in [-0.25, -0.2) is 9.59 Å². The maximum Gasteiger partial charge on any atom is 0.336 e. The molecule has 0 saturated heterocycles. The average Bonchev–Trinajstić information content (AvgIpc) is 2.69. The fourth-order valence-corrected chi connectivity index (χ4v) is 7.78. The monoisotopic (exact) mass is 428 g/mol. The maximum atomic E-state index is 11.5. The van der Waals surface area contributed by atoms with Gasteiger partial charge in [-0.15, -0.1) is 0 Å². The van der Waals surface area contributed by atoms with Crippen LogP contribution in [0.5, 0.6) is 0 Å². The largest absolute Gasteiger partial charge is 0.478 e. The van der Waals surface area contributed by atoms with E-state index in [1.165, 1.54) is 62.3 Å². The van der Waals surface area contributed by atoms with Gasteiger partial charge in [0.2, 0.25) is 0 Å². The number of benzene rings is 2. The molecular weight excluding hydrogens is 400 g/mol. The predicted octanol–water partition coefficient (Wildman–Crippen LogP) is 5.73. The Labute approximate surface area is 188 Å². The second kappa shape index (κ2) is 6.97. The maximum absolute atomic E-state index is 11.5. The molecule has 4 saturated carbocycles. The van der Waals surface area contributed by atoms with Gasteiger partial charge in [-0.05, 0) is 96.6 Å². The van der Waals surface area contributed by atoms with Crippen LogP contribution in [-0.4, -0.2) is 22.2 Å². The van der Waals surface area contributed by atoms with Gasteiger partial charge < -0.3 is 10.2 Å². The molecule has 2 atom stereocenters. The van der Waals surface area contributed by atoms with Crippen LogP contribution in [0.2, 0.25) is 0 Å². The van der Waals surface area contributed by atoms with Gasteiger partial charge in [0.25, 0.3) is 0 Å². The molecule has 32 heavy (non-hydrogen) atoms. The number of rotatable bonds is 3. The van der Waals surface area contributed by atoms with Crippen LogP contribution in [0.15, 0.2) is 42.5 Å². The van der Waals surface area contributed by atoms with Crippen molar-refractivity contribution >= 4 is 11.9 Å². The van der Waals surface area contributed by atoms with Crippen molar-refractivity contribution in [2.75, 3.05) is 0 Å². The van der Waals surface area contributed by atoms with E-state index in [0.717, 1.165) is 11.5 Å². The highest BCUT2D eigenvalue weighted by atomic mass is 16.4. The van der Waals surface area contributed by atoms with Crippen molar-refractivity contribution in [1.29, 1.82) is 0 Å². The lowest BCUT2D eigenvalue weighted by atomic mass is 9.39. The fraction of sp³-hybridized carbons (Fsp3) is 0.429. The lowest BCUT2D eigenvalue weighted by molar-refractivity contribution is -0.110. The highest BCUT2D eigenvalue weighted by molar-refractivity contribution is 5.94. The van der Waals surface area contributed by atoms with Crippen molar-refractivity contribution in [2.24, 2.45) is 16.7 Å². The van der Waals surface area contributed by atoms with Crippen molar-refractivity contribution in [3.05, 3.63) is 70.3 Å². The first-order valence-corrected chi connectivity index (χ1v) is 11.3. The third-order valence-electron chi connectivity index (χ3n) is 7.96. The molecule has 0 amide bonds. The molecule has 4 nitrogen and oxygen atoms in total. The summed E-state index contributed by atoms with van der Waals surface area (Å²) in [6, 6.07) is 12.4. The van der Waals surface area contributed by atoms with Crippen molar-refractivity contribution in [2.45, 2.75) is 57.8 Å². The van der Waals surface area contributed by atoms with Crippen LogP contribution in [0.1, 0.15) is 89.8 Å². The molecule has 6 rings (SSSR count). The quantitative estimate of drug-likeness (QED) is 0.612. The lowest BCUT2D eigenvalue weighted by Crippen LogP contribution is -2.56. The molecule has 4 heteroatoms. The number of hydrogen-bond acceptors (Lipinski definition) is 2. The minimum absolute atomic E-state index is 0.00850. The van der Waals surface area contributed by atoms with E-state index in [1.54, 1.807) is 0 Å². The van der Waals surface area contributed by atoms with Crippen LogP contribution in [0.4, 0.5) is 0 Å². The third-order valence-corrected chi connectivity index (χ3v) is 7.96. The Morgan fingerprint density at radius 3 is 2.06 bits per heavy atom. The zero-order chi connectivity index (χ0) is 22.7. The van der Waals surface area contributed by atoms with E-state index in [2.05, 4.69) is 37.8 Å². The molecule has 0 radical (unpaired) electrons. The molecule has 2 N–H and O–H groups in total. The summed E-state index contributed by atoms with van der Waals surface area (Å²) in [6.45, 7) is 4.96. The summed E-state index contributed by atoms with van der Waals surface area (Å²) >= 11 is 0. The van der Waals surface area contributed by atoms with Gasteiger partial charge in [-0.3, -0.25) is 0 Å².